The van der Waals surface area contributed by atoms with E-state index in [0.717, 1.165) is 5.76 Å². The summed E-state index contributed by atoms with van der Waals surface area (Å²) in [6.45, 7) is 0. The minimum Gasteiger partial charge on any atom is -0.467 e. The molecule has 0 saturated carbocycles. The molecule has 2 heterocycles. The molecule has 0 bridgehead atoms. The highest BCUT2D eigenvalue weighted by atomic mass is 16.3. The molecule has 0 aliphatic rings. The third-order valence-electron chi connectivity index (χ3n) is 2.52. The molecule has 0 aromatic carbocycles. The summed E-state index contributed by atoms with van der Waals surface area (Å²) in [4.78, 5) is 11.4. The Morgan fingerprint density at radius 2 is 2.19 bits per heavy atom. The van der Waals surface area contributed by atoms with E-state index in [1.807, 2.05) is 41.2 Å². The van der Waals surface area contributed by atoms with Crippen LogP contribution in [0.3, 0.4) is 0 Å². The van der Waals surface area contributed by atoms with E-state index in [-0.39, 0.29) is 11.9 Å². The van der Waals surface area contributed by atoms with Crippen LogP contribution in [0.4, 0.5) is 0 Å². The van der Waals surface area contributed by atoms with Crippen LogP contribution in [0.5, 0.6) is 0 Å². The van der Waals surface area contributed by atoms with Crippen LogP contribution in [0.25, 0.3) is 0 Å². The van der Waals surface area contributed by atoms with Crippen LogP contribution in [-0.4, -0.2) is 17.5 Å². The maximum atomic E-state index is 11.4. The summed E-state index contributed by atoms with van der Waals surface area (Å²) in [5.74, 6) is 0.787. The van der Waals surface area contributed by atoms with E-state index < -0.39 is 0 Å². The number of nitrogens with zero attached hydrogens (tertiary/aromatic N) is 1. The number of nitrogens with one attached hydrogen (secondary N) is 1. The molecule has 0 aliphatic heterocycles. The lowest BCUT2D eigenvalue weighted by Gasteiger charge is -2.15. The number of hydrogen-bond donors (Lipinski definition) is 1. The molecule has 0 unspecified atom stereocenters. The van der Waals surface area contributed by atoms with E-state index in [1.54, 1.807) is 13.3 Å². The van der Waals surface area contributed by atoms with Crippen molar-refractivity contribution in [2.75, 3.05) is 7.05 Å². The molecule has 0 spiro atoms. The van der Waals surface area contributed by atoms with Crippen LogP contribution in [0.15, 0.2) is 47.3 Å². The predicted octanol–water partition coefficient (Wildman–Crippen LogP) is 1.81. The molecule has 0 saturated heterocycles. The molecule has 1 amide bonds. The number of amides is 1. The highest BCUT2D eigenvalue weighted by molar-refractivity contribution is 5.76. The highest BCUT2D eigenvalue weighted by Gasteiger charge is 2.18. The van der Waals surface area contributed by atoms with Crippen molar-refractivity contribution >= 4 is 5.91 Å². The zero-order valence-electron chi connectivity index (χ0n) is 9.09. The van der Waals surface area contributed by atoms with Gasteiger partial charge in [0.05, 0.1) is 18.7 Å². The first-order valence-corrected chi connectivity index (χ1v) is 5.17. The summed E-state index contributed by atoms with van der Waals surface area (Å²) >= 11 is 0. The van der Waals surface area contributed by atoms with Crippen molar-refractivity contribution in [3.8, 4) is 0 Å². The third-order valence-corrected chi connectivity index (χ3v) is 2.52. The van der Waals surface area contributed by atoms with Gasteiger partial charge >= 0.3 is 0 Å². The largest absolute Gasteiger partial charge is 0.467 e. The zero-order valence-corrected chi connectivity index (χ0v) is 9.09. The van der Waals surface area contributed by atoms with Crippen LogP contribution >= 0.6 is 0 Å². The maximum absolute atomic E-state index is 11.4. The van der Waals surface area contributed by atoms with Crippen LogP contribution in [0.1, 0.15) is 18.2 Å². The zero-order chi connectivity index (χ0) is 11.4. The fraction of sp³-hybridized carbons (Fsp3) is 0.250. The average molecular weight is 218 g/mol. The molecule has 4 heteroatoms. The summed E-state index contributed by atoms with van der Waals surface area (Å²) in [6.07, 6.45) is 5.85. The summed E-state index contributed by atoms with van der Waals surface area (Å²) in [6, 6.07) is 7.49. The number of rotatable bonds is 4. The number of carbonyl (C=O) groups is 1. The minimum atomic E-state index is -0.0788. The smallest absolute Gasteiger partial charge is 0.222 e. The molecule has 0 fully saturated rings. The summed E-state index contributed by atoms with van der Waals surface area (Å²) in [7, 11) is 1.64. The van der Waals surface area contributed by atoms with Gasteiger partial charge in [-0.25, -0.2) is 0 Å². The number of hydrogen-bond acceptors (Lipinski definition) is 2. The first-order chi connectivity index (χ1) is 7.81. The van der Waals surface area contributed by atoms with Crippen LogP contribution in [-0.2, 0) is 4.79 Å². The van der Waals surface area contributed by atoms with E-state index in [4.69, 9.17) is 4.42 Å². The third kappa shape index (κ3) is 2.16. The summed E-state index contributed by atoms with van der Waals surface area (Å²) in [5, 5.41) is 2.63. The Morgan fingerprint density at radius 3 is 2.75 bits per heavy atom. The van der Waals surface area contributed by atoms with Crippen molar-refractivity contribution in [2.24, 2.45) is 0 Å². The van der Waals surface area contributed by atoms with Crippen LogP contribution < -0.4 is 5.32 Å². The van der Waals surface area contributed by atoms with Gasteiger partial charge in [0.15, 0.2) is 0 Å². The van der Waals surface area contributed by atoms with Gasteiger partial charge in [-0.2, -0.15) is 0 Å². The van der Waals surface area contributed by atoms with Gasteiger partial charge < -0.3 is 14.3 Å². The van der Waals surface area contributed by atoms with Crippen LogP contribution in [0, 0.1) is 0 Å². The molecule has 0 radical (unpaired) electrons. The normalized spacial score (nSPS) is 12.3. The quantitative estimate of drug-likeness (QED) is 0.850. The van der Waals surface area contributed by atoms with E-state index in [1.165, 1.54) is 0 Å². The van der Waals surface area contributed by atoms with Crippen molar-refractivity contribution in [1.29, 1.82) is 0 Å². The number of carbonyl (C=O) groups excluding carboxylic acids is 1. The molecule has 2 aromatic heterocycles. The van der Waals surface area contributed by atoms with Gasteiger partial charge in [-0.05, 0) is 24.3 Å². The van der Waals surface area contributed by atoms with Crippen molar-refractivity contribution in [1.82, 2.24) is 9.88 Å². The van der Waals surface area contributed by atoms with Crippen LogP contribution in [0.2, 0.25) is 0 Å². The molecule has 16 heavy (non-hydrogen) atoms. The second kappa shape index (κ2) is 4.70. The number of aromatic nitrogens is 1. The fourth-order valence-electron chi connectivity index (χ4n) is 1.67. The van der Waals surface area contributed by atoms with Crippen molar-refractivity contribution in [3.05, 3.63) is 48.7 Å². The molecule has 1 atom stereocenters. The van der Waals surface area contributed by atoms with Crippen molar-refractivity contribution in [2.45, 2.75) is 12.5 Å². The summed E-state index contributed by atoms with van der Waals surface area (Å²) in [5.41, 5.74) is 0. The molecule has 84 valence electrons. The van der Waals surface area contributed by atoms with Gasteiger partial charge in [0.2, 0.25) is 5.91 Å². The molecule has 4 nitrogen and oxygen atoms in total. The Morgan fingerprint density at radius 1 is 1.44 bits per heavy atom. The van der Waals surface area contributed by atoms with E-state index in [0.29, 0.717) is 6.42 Å². The van der Waals surface area contributed by atoms with Gasteiger partial charge in [0.25, 0.3) is 0 Å². The Kier molecular flexibility index (Phi) is 3.10. The van der Waals surface area contributed by atoms with E-state index in [2.05, 4.69) is 5.32 Å². The molecule has 2 rings (SSSR count). The lowest BCUT2D eigenvalue weighted by molar-refractivity contribution is -0.121. The molecule has 0 aliphatic carbocycles. The van der Waals surface area contributed by atoms with Gasteiger partial charge in [-0.3, -0.25) is 4.79 Å². The first-order valence-electron chi connectivity index (χ1n) is 5.17. The van der Waals surface area contributed by atoms with Crippen molar-refractivity contribution in [3.63, 3.8) is 0 Å². The van der Waals surface area contributed by atoms with Crippen molar-refractivity contribution < 1.29 is 9.21 Å². The Hall–Kier alpha value is -1.97. The standard InChI is InChI=1S/C12H14N2O2/c1-13-12(15)9-10(11-5-4-8-16-11)14-6-2-3-7-14/h2-8,10H,9H2,1H3,(H,13,15)/t10-/m1/s1. The molecular formula is C12H14N2O2. The Balaban J connectivity index is 2.24. The predicted molar refractivity (Wildman–Crippen MR) is 60.0 cm³/mol. The topological polar surface area (TPSA) is 47.2 Å². The van der Waals surface area contributed by atoms with E-state index in [9.17, 15) is 4.79 Å². The fourth-order valence-corrected chi connectivity index (χ4v) is 1.67. The molecule has 2 aromatic rings. The SMILES string of the molecule is CNC(=O)C[C@H](c1ccco1)n1cccc1. The maximum Gasteiger partial charge on any atom is 0.222 e. The van der Waals surface area contributed by atoms with Gasteiger partial charge in [0, 0.05) is 19.4 Å². The Bertz CT molecular complexity index is 397. The lowest BCUT2D eigenvalue weighted by Crippen LogP contribution is -2.23. The minimum absolute atomic E-state index is 0.00454. The lowest BCUT2D eigenvalue weighted by atomic mass is 10.1. The monoisotopic (exact) mass is 218 g/mol. The van der Waals surface area contributed by atoms with Gasteiger partial charge in [-0.1, -0.05) is 0 Å². The van der Waals surface area contributed by atoms with Gasteiger partial charge in [0.1, 0.15) is 5.76 Å². The highest BCUT2D eigenvalue weighted by Crippen LogP contribution is 2.22. The summed E-state index contributed by atoms with van der Waals surface area (Å²) < 4.78 is 7.33. The Labute approximate surface area is 93.9 Å². The second-order valence-electron chi connectivity index (χ2n) is 3.54. The first kappa shape index (κ1) is 10.5. The number of furan rings is 1. The average Bonchev–Trinajstić information content (AvgIpc) is 2.97. The van der Waals surface area contributed by atoms with E-state index >= 15 is 0 Å². The van der Waals surface area contributed by atoms with Gasteiger partial charge in [-0.15, -0.1) is 0 Å². The molecule has 1 N–H and O–H groups in total. The second-order valence-corrected chi connectivity index (χ2v) is 3.54. The molecular weight excluding hydrogens is 204 g/mol.